The molecule has 0 radical (unpaired) electrons. The molecule has 6 heteroatoms. The summed E-state index contributed by atoms with van der Waals surface area (Å²) >= 11 is 0. The average Bonchev–Trinajstić information content (AvgIpc) is 2.93. The molecule has 0 saturated carbocycles. The topological polar surface area (TPSA) is 61.8 Å². The molecule has 5 nitrogen and oxygen atoms in total. The molecule has 138 valence electrons. The molecule has 0 aromatic heterocycles. The van der Waals surface area contributed by atoms with E-state index in [1.54, 1.807) is 8.05 Å². The van der Waals surface area contributed by atoms with Crippen molar-refractivity contribution in [3.05, 3.63) is 0 Å². The van der Waals surface area contributed by atoms with Gasteiger partial charge in [-0.15, -0.1) is 0 Å². The second kappa shape index (κ2) is 12.3. The van der Waals surface area contributed by atoms with Crippen LogP contribution in [0.1, 0.15) is 84.0 Å². The lowest BCUT2D eigenvalue weighted by Gasteiger charge is -2.26. The summed E-state index contributed by atoms with van der Waals surface area (Å²) in [6.45, 7) is 2.60. The van der Waals surface area contributed by atoms with Crippen molar-refractivity contribution >= 4 is 20.0 Å². The first-order valence-electron chi connectivity index (χ1n) is 9.48. The Balaban J connectivity index is 2.04. The Bertz CT molecular complexity index is 374. The zero-order valence-electron chi connectivity index (χ0n) is 15.4. The number of hydrogen-bond donors (Lipinski definition) is 0. The van der Waals surface area contributed by atoms with Gasteiger partial charge in [-0.3, -0.25) is 9.59 Å². The van der Waals surface area contributed by atoms with Gasteiger partial charge in [0.25, 0.3) is 8.05 Å². The van der Waals surface area contributed by atoms with Crippen molar-refractivity contribution in [3.8, 4) is 0 Å². The summed E-state index contributed by atoms with van der Waals surface area (Å²) in [5, 5.41) is 0. The highest BCUT2D eigenvalue weighted by Crippen LogP contribution is 2.27. The van der Waals surface area contributed by atoms with E-state index in [1.165, 1.54) is 44.9 Å². The van der Waals surface area contributed by atoms with Crippen LogP contribution in [0.5, 0.6) is 0 Å². The van der Waals surface area contributed by atoms with Crippen molar-refractivity contribution in [2.45, 2.75) is 89.6 Å². The van der Waals surface area contributed by atoms with E-state index in [4.69, 9.17) is 14.1 Å². The summed E-state index contributed by atoms with van der Waals surface area (Å²) in [6.07, 6.45) is 12.3. The van der Waals surface area contributed by atoms with Crippen LogP contribution >= 0.6 is 0 Å². The summed E-state index contributed by atoms with van der Waals surface area (Å²) in [4.78, 5) is 23.1. The fraction of sp³-hybridized carbons (Fsp3) is 0.889. The first kappa shape index (κ1) is 21.0. The minimum Gasteiger partial charge on any atom is -0.461 e. The second-order valence-electron chi connectivity index (χ2n) is 6.83. The molecule has 0 aromatic rings. The Morgan fingerprint density at radius 3 is 2.25 bits per heavy atom. The molecule has 1 unspecified atom stereocenters. The van der Waals surface area contributed by atoms with Gasteiger partial charge in [0.2, 0.25) is 0 Å². The van der Waals surface area contributed by atoms with Gasteiger partial charge in [0, 0.05) is 19.3 Å². The molecule has 1 saturated heterocycles. The Morgan fingerprint density at radius 1 is 1.08 bits per heavy atom. The van der Waals surface area contributed by atoms with Gasteiger partial charge in [-0.2, -0.15) is 0 Å². The maximum Gasteiger partial charge on any atom is 0.306 e. The predicted octanol–water partition coefficient (Wildman–Crippen LogP) is 3.09. The molecule has 0 spiro atoms. The first-order chi connectivity index (χ1) is 11.6. The number of cyclic esters (lactones) is 1. The van der Waals surface area contributed by atoms with E-state index < -0.39 is 5.60 Å². The SMILES string of the molecule is BOCC1(COC(=O)CCCCCCCCCCC)CCC(=O)O1. The minimum atomic E-state index is -0.778. The Hall–Kier alpha value is -1.04. The van der Waals surface area contributed by atoms with Crippen LogP contribution in [0, 0.1) is 0 Å². The van der Waals surface area contributed by atoms with Crippen LogP contribution in [-0.2, 0) is 23.7 Å². The van der Waals surface area contributed by atoms with E-state index >= 15 is 0 Å². The van der Waals surface area contributed by atoms with Crippen LogP contribution in [0.2, 0.25) is 0 Å². The number of rotatable bonds is 14. The maximum absolute atomic E-state index is 11.8. The zero-order valence-corrected chi connectivity index (χ0v) is 15.4. The maximum atomic E-state index is 11.8. The molecule has 1 aliphatic heterocycles. The van der Waals surface area contributed by atoms with E-state index in [0.717, 1.165) is 12.8 Å². The molecule has 1 fully saturated rings. The fourth-order valence-electron chi connectivity index (χ4n) is 3.05. The van der Waals surface area contributed by atoms with Crippen molar-refractivity contribution < 1.29 is 23.7 Å². The largest absolute Gasteiger partial charge is 0.461 e. The summed E-state index contributed by atoms with van der Waals surface area (Å²) in [5.41, 5.74) is -0.778. The van der Waals surface area contributed by atoms with E-state index in [2.05, 4.69) is 6.92 Å². The standard InChI is InChI=1S/C18H33BO5/c1-2-3-4-5-6-7-8-9-10-11-16(20)22-14-18(15-23-19)13-12-17(21)24-18/h2-15,19H2,1H3. The van der Waals surface area contributed by atoms with Crippen molar-refractivity contribution in [3.63, 3.8) is 0 Å². The van der Waals surface area contributed by atoms with Crippen LogP contribution in [-0.4, -0.2) is 38.8 Å². The van der Waals surface area contributed by atoms with Crippen LogP contribution < -0.4 is 0 Å². The summed E-state index contributed by atoms with van der Waals surface area (Å²) in [7, 11) is 1.55. The lowest BCUT2D eigenvalue weighted by molar-refractivity contribution is -0.165. The third kappa shape index (κ3) is 8.72. The summed E-state index contributed by atoms with van der Waals surface area (Å²) in [5.74, 6) is -0.460. The monoisotopic (exact) mass is 340 g/mol. The first-order valence-corrected chi connectivity index (χ1v) is 9.48. The lowest BCUT2D eigenvalue weighted by atomic mass is 10.0. The third-order valence-electron chi connectivity index (χ3n) is 4.50. The highest BCUT2D eigenvalue weighted by Gasteiger charge is 2.41. The van der Waals surface area contributed by atoms with Crippen LogP contribution in [0.4, 0.5) is 0 Å². The van der Waals surface area contributed by atoms with Gasteiger partial charge in [0.1, 0.15) is 6.61 Å². The van der Waals surface area contributed by atoms with E-state index in [0.29, 0.717) is 19.3 Å². The van der Waals surface area contributed by atoms with Crippen LogP contribution in [0.25, 0.3) is 0 Å². The van der Waals surface area contributed by atoms with E-state index in [9.17, 15) is 9.59 Å². The molecule has 1 heterocycles. The Kier molecular flexibility index (Phi) is 10.8. The van der Waals surface area contributed by atoms with Crippen molar-refractivity contribution in [2.24, 2.45) is 0 Å². The third-order valence-corrected chi connectivity index (χ3v) is 4.50. The van der Waals surface area contributed by atoms with Crippen LogP contribution in [0.15, 0.2) is 0 Å². The average molecular weight is 340 g/mol. The Morgan fingerprint density at radius 2 is 1.71 bits per heavy atom. The highest BCUT2D eigenvalue weighted by molar-refractivity contribution is 5.98. The Labute approximate surface area is 147 Å². The number of carbonyl (C=O) groups is 2. The van der Waals surface area contributed by atoms with E-state index in [1.807, 2.05) is 0 Å². The van der Waals surface area contributed by atoms with Gasteiger partial charge in [-0.05, 0) is 6.42 Å². The molecule has 1 rings (SSSR count). The van der Waals surface area contributed by atoms with Crippen molar-refractivity contribution in [2.75, 3.05) is 13.2 Å². The highest BCUT2D eigenvalue weighted by atomic mass is 16.6. The summed E-state index contributed by atoms with van der Waals surface area (Å²) in [6, 6.07) is 0. The van der Waals surface area contributed by atoms with Gasteiger partial charge in [-0.25, -0.2) is 0 Å². The molecular weight excluding hydrogens is 307 g/mol. The predicted molar refractivity (Wildman–Crippen MR) is 95.4 cm³/mol. The van der Waals surface area contributed by atoms with E-state index in [-0.39, 0.29) is 25.2 Å². The number of unbranched alkanes of at least 4 members (excludes halogenated alkanes) is 8. The van der Waals surface area contributed by atoms with Crippen LogP contribution in [0.3, 0.4) is 0 Å². The molecule has 0 N–H and O–H groups in total. The van der Waals surface area contributed by atoms with Gasteiger partial charge in [0.15, 0.2) is 5.60 Å². The number of ether oxygens (including phenoxy) is 2. The zero-order chi connectivity index (χ0) is 17.7. The number of esters is 2. The minimum absolute atomic E-state index is 0.100. The molecule has 0 amide bonds. The molecule has 0 aromatic carbocycles. The molecule has 1 atom stereocenters. The van der Waals surface area contributed by atoms with Gasteiger partial charge < -0.3 is 14.1 Å². The summed E-state index contributed by atoms with van der Waals surface area (Å²) < 4.78 is 15.7. The quantitative estimate of drug-likeness (QED) is 0.276. The van der Waals surface area contributed by atoms with Gasteiger partial charge >= 0.3 is 11.9 Å². The fourth-order valence-corrected chi connectivity index (χ4v) is 3.05. The molecule has 24 heavy (non-hydrogen) atoms. The number of carbonyl (C=O) groups excluding carboxylic acids is 2. The molecular formula is C18H33BO5. The lowest BCUT2D eigenvalue weighted by Crippen LogP contribution is -2.40. The van der Waals surface area contributed by atoms with Gasteiger partial charge in [-0.1, -0.05) is 58.3 Å². The normalized spacial score (nSPS) is 20.1. The molecule has 0 aliphatic carbocycles. The smallest absolute Gasteiger partial charge is 0.306 e. The van der Waals surface area contributed by atoms with Crippen molar-refractivity contribution in [1.82, 2.24) is 0 Å². The molecule has 1 aliphatic rings. The van der Waals surface area contributed by atoms with Gasteiger partial charge in [0.05, 0.1) is 6.61 Å². The second-order valence-corrected chi connectivity index (χ2v) is 6.83. The number of hydrogen-bond acceptors (Lipinski definition) is 5. The molecule has 0 bridgehead atoms. The van der Waals surface area contributed by atoms with Crippen molar-refractivity contribution in [1.29, 1.82) is 0 Å².